The highest BCUT2D eigenvalue weighted by molar-refractivity contribution is 6.00. The smallest absolute Gasteiger partial charge is 0.337 e. The standard InChI is InChI=1S/C11H15N3O3/c1-6(2)13-11(17)14-9-4-3-7(12)5-8(9)10(15)16/h3-6H,12H2,1-2H3,(H,15,16)(H2,13,14,17). The summed E-state index contributed by atoms with van der Waals surface area (Å²) >= 11 is 0. The Morgan fingerprint density at radius 3 is 2.53 bits per heavy atom. The maximum atomic E-state index is 11.4. The van der Waals surface area contributed by atoms with Crippen molar-refractivity contribution in [3.05, 3.63) is 23.8 Å². The van der Waals surface area contributed by atoms with Gasteiger partial charge in [-0.1, -0.05) is 0 Å². The number of anilines is 2. The Kier molecular flexibility index (Phi) is 3.92. The second-order valence-electron chi connectivity index (χ2n) is 3.86. The Morgan fingerprint density at radius 2 is 2.00 bits per heavy atom. The number of carbonyl (C=O) groups is 2. The zero-order valence-electron chi connectivity index (χ0n) is 9.65. The first-order chi connectivity index (χ1) is 7.90. The van der Waals surface area contributed by atoms with Gasteiger partial charge in [-0.05, 0) is 32.0 Å². The zero-order valence-corrected chi connectivity index (χ0v) is 9.65. The lowest BCUT2D eigenvalue weighted by Gasteiger charge is -2.12. The molecule has 0 heterocycles. The van der Waals surface area contributed by atoms with Gasteiger partial charge in [0.05, 0.1) is 11.3 Å². The summed E-state index contributed by atoms with van der Waals surface area (Å²) in [6, 6.07) is 3.80. The summed E-state index contributed by atoms with van der Waals surface area (Å²) in [6.07, 6.45) is 0. The fourth-order valence-electron chi connectivity index (χ4n) is 1.27. The molecule has 6 heteroatoms. The molecule has 1 rings (SSSR count). The predicted octanol–water partition coefficient (Wildman–Crippen LogP) is 1.50. The number of rotatable bonds is 3. The number of carboxylic acids is 1. The lowest BCUT2D eigenvalue weighted by molar-refractivity contribution is 0.0698. The van der Waals surface area contributed by atoms with E-state index in [0.29, 0.717) is 5.69 Å². The van der Waals surface area contributed by atoms with E-state index in [9.17, 15) is 9.59 Å². The molecule has 2 amide bonds. The summed E-state index contributed by atoms with van der Waals surface area (Å²) in [5.74, 6) is -1.14. The maximum Gasteiger partial charge on any atom is 0.337 e. The van der Waals surface area contributed by atoms with Gasteiger partial charge in [0.2, 0.25) is 0 Å². The molecule has 1 aromatic rings. The van der Waals surface area contributed by atoms with E-state index < -0.39 is 12.0 Å². The number of nitrogens with two attached hydrogens (primary N) is 1. The lowest BCUT2D eigenvalue weighted by Crippen LogP contribution is -2.34. The van der Waals surface area contributed by atoms with Crippen molar-refractivity contribution in [2.45, 2.75) is 19.9 Å². The van der Waals surface area contributed by atoms with Crippen molar-refractivity contribution < 1.29 is 14.7 Å². The van der Waals surface area contributed by atoms with E-state index in [1.807, 2.05) is 0 Å². The number of hydrogen-bond donors (Lipinski definition) is 4. The van der Waals surface area contributed by atoms with Crippen LogP contribution in [0.4, 0.5) is 16.2 Å². The molecule has 17 heavy (non-hydrogen) atoms. The normalized spacial score (nSPS) is 10.1. The van der Waals surface area contributed by atoms with Crippen molar-refractivity contribution in [2.75, 3.05) is 11.1 Å². The SMILES string of the molecule is CC(C)NC(=O)Nc1ccc(N)cc1C(=O)O. The number of aromatic carboxylic acids is 1. The van der Waals surface area contributed by atoms with Crippen LogP contribution in [0.1, 0.15) is 24.2 Å². The van der Waals surface area contributed by atoms with Gasteiger partial charge in [0, 0.05) is 11.7 Å². The molecule has 0 aliphatic heterocycles. The maximum absolute atomic E-state index is 11.4. The van der Waals surface area contributed by atoms with E-state index in [4.69, 9.17) is 10.8 Å². The van der Waals surface area contributed by atoms with Crippen molar-refractivity contribution in [3.8, 4) is 0 Å². The molecule has 0 fully saturated rings. The quantitative estimate of drug-likeness (QED) is 0.598. The molecule has 92 valence electrons. The number of hydrogen-bond acceptors (Lipinski definition) is 3. The molecule has 0 bridgehead atoms. The third-order valence-corrected chi connectivity index (χ3v) is 1.94. The molecule has 0 saturated carbocycles. The molecule has 0 unspecified atom stereocenters. The van der Waals surface area contributed by atoms with Crippen LogP contribution < -0.4 is 16.4 Å². The molecular weight excluding hydrogens is 222 g/mol. The summed E-state index contributed by atoms with van der Waals surface area (Å²) in [5.41, 5.74) is 5.99. The first-order valence-electron chi connectivity index (χ1n) is 5.10. The molecule has 0 aliphatic carbocycles. The third kappa shape index (κ3) is 3.67. The predicted molar refractivity (Wildman–Crippen MR) is 65.1 cm³/mol. The van der Waals surface area contributed by atoms with Gasteiger partial charge < -0.3 is 21.5 Å². The number of carboxylic acid groups (broad SMARTS) is 1. The summed E-state index contributed by atoms with van der Waals surface area (Å²) in [5, 5.41) is 14.0. The highest BCUT2D eigenvalue weighted by Gasteiger charge is 2.13. The van der Waals surface area contributed by atoms with Crippen LogP contribution in [0.3, 0.4) is 0 Å². The Hall–Kier alpha value is -2.24. The van der Waals surface area contributed by atoms with Crippen LogP contribution in [0.25, 0.3) is 0 Å². The first kappa shape index (κ1) is 12.8. The molecule has 0 saturated heterocycles. The van der Waals surface area contributed by atoms with Crippen LogP contribution in [0.2, 0.25) is 0 Å². The second kappa shape index (κ2) is 5.20. The van der Waals surface area contributed by atoms with Crippen LogP contribution >= 0.6 is 0 Å². The van der Waals surface area contributed by atoms with Gasteiger partial charge in [-0.3, -0.25) is 0 Å². The van der Waals surface area contributed by atoms with Gasteiger partial charge in [-0.2, -0.15) is 0 Å². The van der Waals surface area contributed by atoms with Crippen molar-refractivity contribution >= 4 is 23.4 Å². The van der Waals surface area contributed by atoms with E-state index in [1.54, 1.807) is 13.8 Å². The van der Waals surface area contributed by atoms with Crippen LogP contribution in [-0.4, -0.2) is 23.1 Å². The molecule has 1 aromatic carbocycles. The molecule has 0 radical (unpaired) electrons. The van der Waals surface area contributed by atoms with E-state index >= 15 is 0 Å². The minimum absolute atomic E-state index is 0.0305. The molecular formula is C11H15N3O3. The lowest BCUT2D eigenvalue weighted by atomic mass is 10.1. The van der Waals surface area contributed by atoms with Crippen LogP contribution in [0.5, 0.6) is 0 Å². The number of amides is 2. The van der Waals surface area contributed by atoms with Crippen LogP contribution in [0, 0.1) is 0 Å². The monoisotopic (exact) mass is 237 g/mol. The zero-order chi connectivity index (χ0) is 13.0. The topological polar surface area (TPSA) is 104 Å². The van der Waals surface area contributed by atoms with E-state index in [-0.39, 0.29) is 17.3 Å². The summed E-state index contributed by atoms with van der Waals surface area (Å²) in [7, 11) is 0. The molecule has 0 aliphatic rings. The highest BCUT2D eigenvalue weighted by atomic mass is 16.4. The summed E-state index contributed by atoms with van der Waals surface area (Å²) < 4.78 is 0. The van der Waals surface area contributed by atoms with Crippen molar-refractivity contribution in [1.82, 2.24) is 5.32 Å². The van der Waals surface area contributed by atoms with Gasteiger partial charge >= 0.3 is 12.0 Å². The first-order valence-corrected chi connectivity index (χ1v) is 5.10. The minimum Gasteiger partial charge on any atom is -0.478 e. The number of carbonyl (C=O) groups excluding carboxylic acids is 1. The van der Waals surface area contributed by atoms with E-state index in [2.05, 4.69) is 10.6 Å². The number of urea groups is 1. The molecule has 0 aromatic heterocycles. The Bertz CT molecular complexity index is 444. The Labute approximate surface area is 98.8 Å². The van der Waals surface area contributed by atoms with Gasteiger partial charge in [0.1, 0.15) is 0 Å². The summed E-state index contributed by atoms with van der Waals surface area (Å²) in [6.45, 7) is 3.61. The Morgan fingerprint density at radius 1 is 1.35 bits per heavy atom. The average Bonchev–Trinajstić information content (AvgIpc) is 2.19. The molecule has 5 N–H and O–H groups in total. The van der Waals surface area contributed by atoms with Gasteiger partial charge in [0.25, 0.3) is 0 Å². The highest BCUT2D eigenvalue weighted by Crippen LogP contribution is 2.18. The molecule has 0 spiro atoms. The van der Waals surface area contributed by atoms with Crippen LogP contribution in [-0.2, 0) is 0 Å². The second-order valence-corrected chi connectivity index (χ2v) is 3.86. The molecule has 0 atom stereocenters. The number of benzene rings is 1. The van der Waals surface area contributed by atoms with Gasteiger partial charge in [0.15, 0.2) is 0 Å². The van der Waals surface area contributed by atoms with Crippen molar-refractivity contribution in [3.63, 3.8) is 0 Å². The van der Waals surface area contributed by atoms with Crippen molar-refractivity contribution in [2.24, 2.45) is 0 Å². The van der Waals surface area contributed by atoms with E-state index in [1.165, 1.54) is 18.2 Å². The number of nitrogen functional groups attached to an aromatic ring is 1. The Balaban J connectivity index is 2.91. The van der Waals surface area contributed by atoms with Gasteiger partial charge in [-0.15, -0.1) is 0 Å². The van der Waals surface area contributed by atoms with Gasteiger partial charge in [-0.25, -0.2) is 9.59 Å². The largest absolute Gasteiger partial charge is 0.478 e. The van der Waals surface area contributed by atoms with Crippen LogP contribution in [0.15, 0.2) is 18.2 Å². The van der Waals surface area contributed by atoms with Crippen molar-refractivity contribution in [1.29, 1.82) is 0 Å². The average molecular weight is 237 g/mol. The fraction of sp³-hybridized carbons (Fsp3) is 0.273. The summed E-state index contributed by atoms with van der Waals surface area (Å²) in [4.78, 5) is 22.4. The number of nitrogens with one attached hydrogen (secondary N) is 2. The molecule has 6 nitrogen and oxygen atoms in total. The third-order valence-electron chi connectivity index (χ3n) is 1.94. The van der Waals surface area contributed by atoms with E-state index in [0.717, 1.165) is 0 Å². The fourth-order valence-corrected chi connectivity index (χ4v) is 1.27. The minimum atomic E-state index is -1.14.